The molecule has 1 aromatic rings. The molecule has 0 bridgehead atoms. The van der Waals surface area contributed by atoms with Crippen molar-refractivity contribution >= 4 is 17.8 Å². The van der Waals surface area contributed by atoms with E-state index in [4.69, 9.17) is 4.74 Å². The maximum Gasteiger partial charge on any atom is 0.325 e. The van der Waals surface area contributed by atoms with E-state index in [1.54, 1.807) is 19.1 Å². The van der Waals surface area contributed by atoms with Crippen LogP contribution in [0, 0.1) is 5.92 Å². The van der Waals surface area contributed by atoms with Crippen molar-refractivity contribution in [2.75, 3.05) is 34.4 Å². The molecule has 1 saturated heterocycles. The van der Waals surface area contributed by atoms with Gasteiger partial charge in [-0.2, -0.15) is 0 Å². The van der Waals surface area contributed by atoms with E-state index in [9.17, 15) is 14.4 Å². The Kier molecular flexibility index (Phi) is 6.38. The van der Waals surface area contributed by atoms with Crippen molar-refractivity contribution in [2.24, 2.45) is 5.92 Å². The van der Waals surface area contributed by atoms with Crippen LogP contribution in [-0.2, 0) is 25.7 Å². The topological polar surface area (TPSA) is 76.2 Å². The van der Waals surface area contributed by atoms with Crippen LogP contribution in [0.2, 0.25) is 0 Å². The predicted molar refractivity (Wildman–Crippen MR) is 90.8 cm³/mol. The average molecular weight is 348 g/mol. The van der Waals surface area contributed by atoms with Crippen molar-refractivity contribution < 1.29 is 23.9 Å². The summed E-state index contributed by atoms with van der Waals surface area (Å²) in [5.74, 6) is -0.198. The number of rotatable bonds is 6. The van der Waals surface area contributed by atoms with Gasteiger partial charge in [0.15, 0.2) is 0 Å². The fraction of sp³-hybridized carbons (Fsp3) is 0.500. The molecule has 7 nitrogen and oxygen atoms in total. The lowest BCUT2D eigenvalue weighted by molar-refractivity contribution is -0.150. The van der Waals surface area contributed by atoms with Crippen molar-refractivity contribution in [2.45, 2.75) is 19.4 Å². The van der Waals surface area contributed by atoms with Crippen LogP contribution in [0.1, 0.15) is 18.4 Å². The third-order valence-electron chi connectivity index (χ3n) is 4.37. The Labute approximate surface area is 147 Å². The molecule has 1 atom stereocenters. The Bertz CT molecular complexity index is 646. The molecular formula is C18H24N2O5. The lowest BCUT2D eigenvalue weighted by atomic mass is 9.95. The van der Waals surface area contributed by atoms with Gasteiger partial charge in [0.1, 0.15) is 12.3 Å². The monoisotopic (exact) mass is 348 g/mol. The molecule has 1 aliphatic rings. The molecule has 1 fully saturated rings. The molecule has 0 aliphatic carbocycles. The highest BCUT2D eigenvalue weighted by molar-refractivity contribution is 5.86. The number of nitrogens with zero attached hydrogens (tertiary/aromatic N) is 2. The molecule has 136 valence electrons. The molecule has 0 spiro atoms. The molecule has 25 heavy (non-hydrogen) atoms. The average Bonchev–Trinajstić information content (AvgIpc) is 2.63. The van der Waals surface area contributed by atoms with Gasteiger partial charge >= 0.3 is 5.97 Å². The highest BCUT2D eigenvalue weighted by Crippen LogP contribution is 2.25. The van der Waals surface area contributed by atoms with Gasteiger partial charge in [-0.1, -0.05) is 18.2 Å². The first-order valence-electron chi connectivity index (χ1n) is 8.17. The molecule has 1 heterocycles. The third kappa shape index (κ3) is 4.71. The number of hydrogen-bond donors (Lipinski definition) is 0. The summed E-state index contributed by atoms with van der Waals surface area (Å²) < 4.78 is 9.92. The molecule has 7 heteroatoms. The van der Waals surface area contributed by atoms with Crippen LogP contribution in [0.25, 0.3) is 0 Å². The van der Waals surface area contributed by atoms with Crippen LogP contribution >= 0.6 is 0 Å². The Balaban J connectivity index is 2.04. The van der Waals surface area contributed by atoms with Gasteiger partial charge in [-0.3, -0.25) is 14.4 Å². The number of amides is 2. The molecule has 0 saturated carbocycles. The first kappa shape index (κ1) is 18.8. The molecule has 0 N–H and O–H groups in total. The number of hydrogen-bond acceptors (Lipinski definition) is 5. The normalized spacial score (nSPS) is 17.2. The Hall–Kier alpha value is -2.57. The summed E-state index contributed by atoms with van der Waals surface area (Å²) in [4.78, 5) is 39.2. The SMILES string of the molecule is COC(=O)CN(C)C(=O)[C@@H]1CCC(=O)N(Cc2ccccc2OC)C1. The third-order valence-corrected chi connectivity index (χ3v) is 4.37. The van der Waals surface area contributed by atoms with E-state index in [0.29, 0.717) is 31.7 Å². The fourth-order valence-corrected chi connectivity index (χ4v) is 2.96. The number of carbonyl (C=O) groups excluding carboxylic acids is 3. The first-order valence-corrected chi connectivity index (χ1v) is 8.17. The van der Waals surface area contributed by atoms with E-state index < -0.39 is 5.97 Å². The van der Waals surface area contributed by atoms with Crippen molar-refractivity contribution in [1.82, 2.24) is 9.80 Å². The highest BCUT2D eigenvalue weighted by atomic mass is 16.5. The summed E-state index contributed by atoms with van der Waals surface area (Å²) in [7, 11) is 4.44. The van der Waals surface area contributed by atoms with Crippen LogP contribution in [0.5, 0.6) is 5.75 Å². The summed E-state index contributed by atoms with van der Waals surface area (Å²) in [6.07, 6.45) is 0.809. The van der Waals surface area contributed by atoms with Crippen molar-refractivity contribution in [3.05, 3.63) is 29.8 Å². The Morgan fingerprint density at radius 3 is 2.68 bits per heavy atom. The van der Waals surface area contributed by atoms with Gasteiger partial charge in [0, 0.05) is 32.1 Å². The number of carbonyl (C=O) groups is 3. The first-order chi connectivity index (χ1) is 12.0. The zero-order valence-electron chi connectivity index (χ0n) is 14.9. The Morgan fingerprint density at radius 1 is 1.28 bits per heavy atom. The molecular weight excluding hydrogens is 324 g/mol. The second kappa shape index (κ2) is 8.50. The molecule has 0 aromatic heterocycles. The fourth-order valence-electron chi connectivity index (χ4n) is 2.96. The van der Waals surface area contributed by atoms with Crippen LogP contribution < -0.4 is 4.74 Å². The molecule has 1 aromatic carbocycles. The molecule has 0 radical (unpaired) electrons. The van der Waals surface area contributed by atoms with E-state index in [1.165, 1.54) is 12.0 Å². The van der Waals surface area contributed by atoms with Gasteiger partial charge in [0.2, 0.25) is 11.8 Å². The number of para-hydroxylation sites is 1. The van der Waals surface area contributed by atoms with E-state index in [2.05, 4.69) is 4.74 Å². The number of likely N-dealkylation sites (tertiary alicyclic amines) is 1. The van der Waals surface area contributed by atoms with Crippen molar-refractivity contribution in [3.63, 3.8) is 0 Å². The second-order valence-corrected chi connectivity index (χ2v) is 6.09. The number of benzene rings is 1. The van der Waals surface area contributed by atoms with Gasteiger partial charge in [0.05, 0.1) is 20.1 Å². The molecule has 2 amide bonds. The van der Waals surface area contributed by atoms with Gasteiger partial charge in [-0.05, 0) is 12.5 Å². The van der Waals surface area contributed by atoms with Crippen molar-refractivity contribution in [3.8, 4) is 5.75 Å². The van der Waals surface area contributed by atoms with Gasteiger partial charge in [-0.25, -0.2) is 0 Å². The van der Waals surface area contributed by atoms with E-state index in [-0.39, 0.29) is 24.3 Å². The zero-order chi connectivity index (χ0) is 18.4. The van der Waals surface area contributed by atoms with Crippen molar-refractivity contribution in [1.29, 1.82) is 0 Å². The highest BCUT2D eigenvalue weighted by Gasteiger charge is 2.32. The number of likely N-dealkylation sites (N-methyl/N-ethyl adjacent to an activating group) is 1. The van der Waals surface area contributed by atoms with E-state index in [1.807, 2.05) is 24.3 Å². The quantitative estimate of drug-likeness (QED) is 0.719. The second-order valence-electron chi connectivity index (χ2n) is 6.09. The maximum absolute atomic E-state index is 12.5. The van der Waals surface area contributed by atoms with Gasteiger partial charge < -0.3 is 19.3 Å². The lowest BCUT2D eigenvalue weighted by Gasteiger charge is -2.34. The van der Waals surface area contributed by atoms with Gasteiger partial charge in [0.25, 0.3) is 0 Å². The van der Waals surface area contributed by atoms with Crippen LogP contribution in [0.15, 0.2) is 24.3 Å². The summed E-state index contributed by atoms with van der Waals surface area (Å²) in [5, 5.41) is 0. The number of methoxy groups -OCH3 is 2. The summed E-state index contributed by atoms with van der Waals surface area (Å²) in [6, 6.07) is 7.50. The number of piperidine rings is 1. The zero-order valence-corrected chi connectivity index (χ0v) is 14.9. The molecule has 1 aliphatic heterocycles. The number of ether oxygens (including phenoxy) is 2. The van der Waals surface area contributed by atoms with Gasteiger partial charge in [-0.15, -0.1) is 0 Å². The minimum Gasteiger partial charge on any atom is -0.496 e. The Morgan fingerprint density at radius 2 is 2.00 bits per heavy atom. The largest absolute Gasteiger partial charge is 0.496 e. The van der Waals surface area contributed by atoms with E-state index in [0.717, 1.165) is 5.56 Å². The smallest absolute Gasteiger partial charge is 0.325 e. The maximum atomic E-state index is 12.5. The van der Waals surface area contributed by atoms with Crippen LogP contribution in [-0.4, -0.2) is 61.9 Å². The summed E-state index contributed by atoms with van der Waals surface area (Å²) in [6.45, 7) is 0.640. The van der Waals surface area contributed by atoms with Crippen LogP contribution in [0.4, 0.5) is 0 Å². The molecule has 0 unspecified atom stereocenters. The minimum absolute atomic E-state index is 0.0191. The molecule has 2 rings (SSSR count). The number of esters is 1. The minimum atomic E-state index is -0.464. The summed E-state index contributed by atoms with van der Waals surface area (Å²) >= 11 is 0. The lowest BCUT2D eigenvalue weighted by Crippen LogP contribution is -2.46. The predicted octanol–water partition coefficient (Wildman–Crippen LogP) is 1.07. The summed E-state index contributed by atoms with van der Waals surface area (Å²) in [5.41, 5.74) is 0.898. The standard InChI is InChI=1S/C18H24N2O5/c1-19(12-17(22)25-3)18(23)14-8-9-16(21)20(11-14)10-13-6-4-5-7-15(13)24-2/h4-7,14H,8-12H2,1-3H3/t14-/m1/s1. The van der Waals surface area contributed by atoms with E-state index >= 15 is 0 Å². The van der Waals surface area contributed by atoms with Crippen LogP contribution in [0.3, 0.4) is 0 Å².